The van der Waals surface area contributed by atoms with Crippen molar-refractivity contribution in [2.75, 3.05) is 13.7 Å². The maximum absolute atomic E-state index is 12.8. The summed E-state index contributed by atoms with van der Waals surface area (Å²) in [6.07, 6.45) is 6.19. The first-order valence-electron chi connectivity index (χ1n) is 9.84. The van der Waals surface area contributed by atoms with Crippen LogP contribution in [0.15, 0.2) is 24.3 Å². The van der Waals surface area contributed by atoms with Crippen molar-refractivity contribution < 1.29 is 9.53 Å². The predicted octanol–water partition coefficient (Wildman–Crippen LogP) is 4.11. The minimum absolute atomic E-state index is 0. The van der Waals surface area contributed by atoms with Crippen LogP contribution in [0.25, 0.3) is 10.6 Å². The van der Waals surface area contributed by atoms with Crippen molar-refractivity contribution in [2.24, 2.45) is 17.6 Å². The second-order valence-electron chi connectivity index (χ2n) is 7.55. The van der Waals surface area contributed by atoms with Gasteiger partial charge in [-0.15, -0.1) is 23.7 Å². The van der Waals surface area contributed by atoms with E-state index in [1.807, 2.05) is 24.3 Å². The van der Waals surface area contributed by atoms with Gasteiger partial charge in [0.2, 0.25) is 5.91 Å². The molecular weight excluding hydrogens is 394 g/mol. The monoisotopic (exact) mass is 421 g/mol. The highest BCUT2D eigenvalue weighted by molar-refractivity contribution is 7.15. The topological polar surface area (TPSA) is 77.2 Å². The van der Waals surface area contributed by atoms with Crippen LogP contribution < -0.4 is 15.8 Å². The molecule has 3 N–H and O–H groups in total. The van der Waals surface area contributed by atoms with E-state index in [0.29, 0.717) is 12.5 Å². The van der Waals surface area contributed by atoms with E-state index in [4.69, 9.17) is 15.5 Å². The molecule has 1 fully saturated rings. The number of nitrogens with zero attached hydrogens (tertiary/aromatic N) is 1. The molecule has 7 heteroatoms. The zero-order chi connectivity index (χ0) is 18.8. The Hall–Kier alpha value is -1.63. The molecule has 1 heterocycles. The van der Waals surface area contributed by atoms with E-state index in [2.05, 4.69) is 5.32 Å². The summed E-state index contributed by atoms with van der Waals surface area (Å²) in [6.45, 7) is 0.607. The number of rotatable bonds is 5. The molecular formula is C21H28ClN3O2S. The number of nitrogens with one attached hydrogen (secondary N) is 1. The van der Waals surface area contributed by atoms with Crippen molar-refractivity contribution in [3.63, 3.8) is 0 Å². The van der Waals surface area contributed by atoms with Crippen LogP contribution in [0.1, 0.15) is 48.7 Å². The number of carbonyl (C=O) groups excluding carboxylic acids is 1. The number of nitrogens with two attached hydrogens (primary N) is 1. The molecule has 3 atom stereocenters. The second kappa shape index (κ2) is 9.25. The van der Waals surface area contributed by atoms with Gasteiger partial charge in [-0.25, -0.2) is 4.98 Å². The number of ether oxygens (including phenoxy) is 1. The Kier molecular flexibility index (Phi) is 6.96. The average molecular weight is 422 g/mol. The van der Waals surface area contributed by atoms with Crippen LogP contribution >= 0.6 is 23.7 Å². The Balaban J connectivity index is 0.00000225. The Bertz CT molecular complexity index is 808. The average Bonchev–Trinajstić information content (AvgIpc) is 3.35. The number of methoxy groups -OCH3 is 1. The van der Waals surface area contributed by atoms with Crippen LogP contribution in [0, 0.1) is 11.8 Å². The molecule has 28 heavy (non-hydrogen) atoms. The van der Waals surface area contributed by atoms with Gasteiger partial charge in [0.25, 0.3) is 0 Å². The molecule has 2 aromatic rings. The first kappa shape index (κ1) is 21.1. The lowest BCUT2D eigenvalue weighted by Crippen LogP contribution is -2.38. The molecule has 4 rings (SSSR count). The number of carbonyl (C=O) groups is 1. The van der Waals surface area contributed by atoms with E-state index in [-0.39, 0.29) is 30.3 Å². The summed E-state index contributed by atoms with van der Waals surface area (Å²) in [4.78, 5) is 18.9. The fraction of sp³-hybridized carbons (Fsp3) is 0.524. The number of amides is 1. The van der Waals surface area contributed by atoms with Crippen molar-refractivity contribution in [1.29, 1.82) is 0 Å². The van der Waals surface area contributed by atoms with E-state index in [9.17, 15) is 4.79 Å². The van der Waals surface area contributed by atoms with Gasteiger partial charge in [0.05, 0.1) is 23.7 Å². The zero-order valence-corrected chi connectivity index (χ0v) is 17.8. The molecule has 2 aliphatic carbocycles. The molecule has 5 nitrogen and oxygen atoms in total. The van der Waals surface area contributed by atoms with Crippen LogP contribution in [0.5, 0.6) is 5.75 Å². The third kappa shape index (κ3) is 4.19. The molecule has 0 radical (unpaired) electrons. The van der Waals surface area contributed by atoms with Gasteiger partial charge in [0.15, 0.2) is 0 Å². The third-order valence-electron chi connectivity index (χ3n) is 5.90. The molecule has 152 valence electrons. The summed E-state index contributed by atoms with van der Waals surface area (Å²) in [5, 5.41) is 4.34. The van der Waals surface area contributed by atoms with Crippen LogP contribution in [-0.2, 0) is 11.2 Å². The Morgan fingerprint density at radius 3 is 2.75 bits per heavy atom. The van der Waals surface area contributed by atoms with Crippen LogP contribution in [0.2, 0.25) is 0 Å². The maximum atomic E-state index is 12.8. The van der Waals surface area contributed by atoms with Crippen molar-refractivity contribution in [3.8, 4) is 16.3 Å². The summed E-state index contributed by atoms with van der Waals surface area (Å²) in [6, 6.07) is 8.09. The number of hydrogen-bond acceptors (Lipinski definition) is 5. The highest BCUT2D eigenvalue weighted by Gasteiger charge is 2.34. The first-order valence-corrected chi connectivity index (χ1v) is 10.7. The number of aromatic nitrogens is 1. The van der Waals surface area contributed by atoms with Gasteiger partial charge in [0, 0.05) is 11.5 Å². The standard InChI is InChI=1S/C21H27N3O2S.ClH/c1-26-15-10-8-13(9-11-15)21-24-18-7-3-6-17(19(18)27-21)23-20(25)16-5-2-4-14(16)12-22;/h8-11,14,16-17H,2-7,12,22H2,1H3,(H,23,25);1H/t14-,16-,17?;/m1./s1. The quantitative estimate of drug-likeness (QED) is 0.761. The molecule has 0 bridgehead atoms. The molecule has 1 aromatic carbocycles. The van der Waals surface area contributed by atoms with Gasteiger partial charge >= 0.3 is 0 Å². The van der Waals surface area contributed by atoms with Gasteiger partial charge in [-0.1, -0.05) is 6.42 Å². The molecule has 1 amide bonds. The van der Waals surface area contributed by atoms with Crippen molar-refractivity contribution >= 4 is 29.7 Å². The minimum Gasteiger partial charge on any atom is -0.497 e. The summed E-state index contributed by atoms with van der Waals surface area (Å²) in [5.41, 5.74) is 8.10. The third-order valence-corrected chi connectivity index (χ3v) is 7.16. The Morgan fingerprint density at radius 2 is 2.04 bits per heavy atom. The highest BCUT2D eigenvalue weighted by atomic mass is 35.5. The normalized spacial score (nSPS) is 23.6. The van der Waals surface area contributed by atoms with E-state index in [1.165, 1.54) is 4.88 Å². The fourth-order valence-corrected chi connectivity index (χ4v) is 5.56. The van der Waals surface area contributed by atoms with Gasteiger partial charge in [-0.3, -0.25) is 4.79 Å². The van der Waals surface area contributed by atoms with E-state index in [0.717, 1.165) is 60.5 Å². The predicted molar refractivity (Wildman–Crippen MR) is 115 cm³/mol. The molecule has 0 saturated heterocycles. The van der Waals surface area contributed by atoms with E-state index in [1.54, 1.807) is 18.4 Å². The Morgan fingerprint density at radius 1 is 1.25 bits per heavy atom. The van der Waals surface area contributed by atoms with Crippen LogP contribution in [0.4, 0.5) is 0 Å². The van der Waals surface area contributed by atoms with Crippen LogP contribution in [0.3, 0.4) is 0 Å². The summed E-state index contributed by atoms with van der Waals surface area (Å²) < 4.78 is 5.24. The van der Waals surface area contributed by atoms with E-state index < -0.39 is 0 Å². The number of halogens is 1. The Labute approximate surface area is 176 Å². The number of thiazole rings is 1. The smallest absolute Gasteiger partial charge is 0.223 e. The molecule has 2 aliphatic rings. The summed E-state index contributed by atoms with van der Waals surface area (Å²) in [7, 11) is 1.67. The van der Waals surface area contributed by atoms with Crippen molar-refractivity contribution in [2.45, 2.75) is 44.6 Å². The molecule has 1 aromatic heterocycles. The largest absolute Gasteiger partial charge is 0.497 e. The molecule has 0 aliphatic heterocycles. The lowest BCUT2D eigenvalue weighted by Gasteiger charge is -2.25. The van der Waals surface area contributed by atoms with Crippen molar-refractivity contribution in [3.05, 3.63) is 34.8 Å². The lowest BCUT2D eigenvalue weighted by atomic mass is 9.93. The lowest BCUT2D eigenvalue weighted by molar-refractivity contribution is -0.126. The van der Waals surface area contributed by atoms with Gasteiger partial charge < -0.3 is 15.8 Å². The van der Waals surface area contributed by atoms with Gasteiger partial charge in [0.1, 0.15) is 10.8 Å². The molecule has 1 saturated carbocycles. The summed E-state index contributed by atoms with van der Waals surface area (Å²) >= 11 is 1.71. The highest BCUT2D eigenvalue weighted by Crippen LogP contribution is 2.39. The van der Waals surface area contributed by atoms with Gasteiger partial charge in [-0.05, 0) is 68.8 Å². The molecule has 1 unspecified atom stereocenters. The molecule has 0 spiro atoms. The number of fused-ring (bicyclic) bond motifs is 1. The SMILES string of the molecule is COc1ccc(-c2nc3c(s2)C(NC(=O)[C@@H]2CCC[C@@H]2CN)CCC3)cc1.Cl. The van der Waals surface area contributed by atoms with Crippen molar-refractivity contribution in [1.82, 2.24) is 10.3 Å². The number of aryl methyl sites for hydroxylation is 1. The zero-order valence-electron chi connectivity index (χ0n) is 16.1. The first-order chi connectivity index (χ1) is 13.2. The van der Waals surface area contributed by atoms with E-state index >= 15 is 0 Å². The van der Waals surface area contributed by atoms with Gasteiger partial charge in [-0.2, -0.15) is 0 Å². The minimum atomic E-state index is 0. The van der Waals surface area contributed by atoms with Crippen LogP contribution in [-0.4, -0.2) is 24.5 Å². The summed E-state index contributed by atoms with van der Waals surface area (Å²) in [5.74, 6) is 1.44. The maximum Gasteiger partial charge on any atom is 0.223 e. The number of benzene rings is 1. The fourth-order valence-electron chi connectivity index (χ4n) is 4.36. The number of hydrogen-bond donors (Lipinski definition) is 2. The second-order valence-corrected chi connectivity index (χ2v) is 8.58.